The van der Waals surface area contributed by atoms with Crippen LogP contribution in [0.1, 0.15) is 42.4 Å². The SMILES string of the molecule is Cc1ccc(CCC(=O)N2CCC(NC(=O)C3CC(=O)N(Cc4ccccc4)C3)CC2)cc1. The Kier molecular flexibility index (Phi) is 7.43. The van der Waals surface area contributed by atoms with Gasteiger partial charge in [-0.05, 0) is 37.3 Å². The van der Waals surface area contributed by atoms with Crippen molar-refractivity contribution in [1.82, 2.24) is 15.1 Å². The highest BCUT2D eigenvalue weighted by Crippen LogP contribution is 2.21. The number of hydrogen-bond acceptors (Lipinski definition) is 3. The molecule has 3 amide bonds. The van der Waals surface area contributed by atoms with Crippen LogP contribution in [0, 0.1) is 12.8 Å². The summed E-state index contributed by atoms with van der Waals surface area (Å²) in [4.78, 5) is 41.5. The van der Waals surface area contributed by atoms with E-state index in [1.807, 2.05) is 35.2 Å². The number of carbonyl (C=O) groups is 3. The fourth-order valence-corrected chi connectivity index (χ4v) is 4.66. The van der Waals surface area contributed by atoms with Gasteiger partial charge in [-0.15, -0.1) is 0 Å². The van der Waals surface area contributed by atoms with Crippen molar-refractivity contribution in [3.8, 4) is 0 Å². The molecule has 2 aromatic carbocycles. The maximum absolute atomic E-state index is 12.8. The predicted molar refractivity (Wildman–Crippen MR) is 127 cm³/mol. The molecule has 33 heavy (non-hydrogen) atoms. The number of nitrogens with zero attached hydrogens (tertiary/aromatic N) is 2. The molecule has 0 radical (unpaired) electrons. The van der Waals surface area contributed by atoms with Gasteiger partial charge < -0.3 is 15.1 Å². The van der Waals surface area contributed by atoms with E-state index in [1.165, 1.54) is 11.1 Å². The zero-order valence-corrected chi connectivity index (χ0v) is 19.3. The van der Waals surface area contributed by atoms with Gasteiger partial charge in [0.2, 0.25) is 17.7 Å². The molecule has 2 saturated heterocycles. The minimum Gasteiger partial charge on any atom is -0.353 e. The molecular weight excluding hydrogens is 414 g/mol. The molecule has 1 atom stereocenters. The minimum absolute atomic E-state index is 0.0352. The second kappa shape index (κ2) is 10.6. The Morgan fingerprint density at radius 2 is 1.67 bits per heavy atom. The Morgan fingerprint density at radius 3 is 2.36 bits per heavy atom. The summed E-state index contributed by atoms with van der Waals surface area (Å²) in [6, 6.07) is 18.2. The van der Waals surface area contributed by atoms with Crippen molar-refractivity contribution in [2.45, 2.75) is 51.6 Å². The molecule has 4 rings (SSSR count). The normalized spacial score (nSPS) is 19.1. The number of rotatable bonds is 7. The van der Waals surface area contributed by atoms with E-state index in [0.29, 0.717) is 32.6 Å². The molecule has 1 N–H and O–H groups in total. The molecule has 2 heterocycles. The summed E-state index contributed by atoms with van der Waals surface area (Å²) in [5.74, 6) is -0.121. The van der Waals surface area contributed by atoms with Crippen molar-refractivity contribution in [3.05, 3.63) is 71.3 Å². The van der Waals surface area contributed by atoms with Crippen LogP contribution in [-0.2, 0) is 27.3 Å². The lowest BCUT2D eigenvalue weighted by atomic mass is 10.0. The molecule has 174 valence electrons. The van der Waals surface area contributed by atoms with E-state index in [9.17, 15) is 14.4 Å². The van der Waals surface area contributed by atoms with E-state index in [-0.39, 0.29) is 36.1 Å². The predicted octanol–water partition coefficient (Wildman–Crippen LogP) is 3.08. The zero-order valence-electron chi connectivity index (χ0n) is 19.3. The van der Waals surface area contributed by atoms with Crippen LogP contribution in [0.2, 0.25) is 0 Å². The van der Waals surface area contributed by atoms with Gasteiger partial charge in [-0.2, -0.15) is 0 Å². The van der Waals surface area contributed by atoms with Gasteiger partial charge in [-0.3, -0.25) is 14.4 Å². The highest BCUT2D eigenvalue weighted by molar-refractivity contribution is 5.89. The lowest BCUT2D eigenvalue weighted by molar-refractivity contribution is -0.132. The van der Waals surface area contributed by atoms with Gasteiger partial charge in [0.15, 0.2) is 0 Å². The summed E-state index contributed by atoms with van der Waals surface area (Å²) in [7, 11) is 0. The lowest BCUT2D eigenvalue weighted by Crippen LogP contribution is -2.48. The molecule has 6 heteroatoms. The summed E-state index contributed by atoms with van der Waals surface area (Å²) in [6.07, 6.45) is 3.06. The molecule has 0 bridgehead atoms. The Labute approximate surface area is 196 Å². The Balaban J connectivity index is 1.18. The van der Waals surface area contributed by atoms with E-state index in [4.69, 9.17) is 0 Å². The number of hydrogen-bond donors (Lipinski definition) is 1. The zero-order chi connectivity index (χ0) is 23.2. The second-order valence-corrected chi connectivity index (χ2v) is 9.31. The number of likely N-dealkylation sites (tertiary alicyclic amines) is 2. The number of carbonyl (C=O) groups excluding carboxylic acids is 3. The topological polar surface area (TPSA) is 69.7 Å². The van der Waals surface area contributed by atoms with Crippen LogP contribution in [0.25, 0.3) is 0 Å². The molecular formula is C27H33N3O3. The largest absolute Gasteiger partial charge is 0.353 e. The first-order valence-electron chi connectivity index (χ1n) is 11.9. The molecule has 0 spiro atoms. The van der Waals surface area contributed by atoms with Crippen molar-refractivity contribution in [1.29, 1.82) is 0 Å². The van der Waals surface area contributed by atoms with Gasteiger partial charge >= 0.3 is 0 Å². The Hall–Kier alpha value is -3.15. The smallest absolute Gasteiger partial charge is 0.225 e. The maximum atomic E-state index is 12.8. The van der Waals surface area contributed by atoms with Crippen molar-refractivity contribution >= 4 is 17.7 Å². The number of piperidine rings is 1. The van der Waals surface area contributed by atoms with Crippen LogP contribution >= 0.6 is 0 Å². The summed E-state index contributed by atoms with van der Waals surface area (Å²) in [5, 5.41) is 3.13. The summed E-state index contributed by atoms with van der Waals surface area (Å²) < 4.78 is 0. The van der Waals surface area contributed by atoms with E-state index >= 15 is 0 Å². The molecule has 0 aromatic heterocycles. The highest BCUT2D eigenvalue weighted by atomic mass is 16.2. The average molecular weight is 448 g/mol. The second-order valence-electron chi connectivity index (χ2n) is 9.31. The van der Waals surface area contributed by atoms with Gasteiger partial charge in [0.25, 0.3) is 0 Å². The van der Waals surface area contributed by atoms with Gasteiger partial charge in [-0.25, -0.2) is 0 Å². The first kappa shape index (κ1) is 23.0. The Bertz CT molecular complexity index is 966. The number of amides is 3. The lowest BCUT2D eigenvalue weighted by Gasteiger charge is -2.33. The van der Waals surface area contributed by atoms with Crippen molar-refractivity contribution in [3.63, 3.8) is 0 Å². The van der Waals surface area contributed by atoms with Gasteiger partial charge in [-0.1, -0.05) is 60.2 Å². The van der Waals surface area contributed by atoms with Crippen molar-refractivity contribution in [2.24, 2.45) is 5.92 Å². The van der Waals surface area contributed by atoms with Crippen LogP contribution in [0.4, 0.5) is 0 Å². The third kappa shape index (κ3) is 6.21. The van der Waals surface area contributed by atoms with Crippen LogP contribution in [0.5, 0.6) is 0 Å². The summed E-state index contributed by atoms with van der Waals surface area (Å²) in [6.45, 7) is 4.41. The monoisotopic (exact) mass is 447 g/mol. The quantitative estimate of drug-likeness (QED) is 0.709. The van der Waals surface area contributed by atoms with E-state index in [0.717, 1.165) is 24.8 Å². The van der Waals surface area contributed by atoms with Gasteiger partial charge in [0, 0.05) is 45.1 Å². The minimum atomic E-state index is -0.296. The summed E-state index contributed by atoms with van der Waals surface area (Å²) in [5.41, 5.74) is 3.48. The van der Waals surface area contributed by atoms with Crippen LogP contribution in [0.3, 0.4) is 0 Å². The van der Waals surface area contributed by atoms with Gasteiger partial charge in [0.1, 0.15) is 0 Å². The molecule has 2 aliphatic rings. The maximum Gasteiger partial charge on any atom is 0.225 e. The van der Waals surface area contributed by atoms with E-state index < -0.39 is 0 Å². The van der Waals surface area contributed by atoms with E-state index in [1.54, 1.807) is 4.90 Å². The number of nitrogens with one attached hydrogen (secondary N) is 1. The molecule has 6 nitrogen and oxygen atoms in total. The van der Waals surface area contributed by atoms with E-state index in [2.05, 4.69) is 36.5 Å². The average Bonchev–Trinajstić information content (AvgIpc) is 3.20. The number of aryl methyl sites for hydroxylation is 2. The first-order valence-corrected chi connectivity index (χ1v) is 11.9. The summed E-state index contributed by atoms with van der Waals surface area (Å²) >= 11 is 0. The number of benzene rings is 2. The molecule has 0 aliphatic carbocycles. The molecule has 2 aromatic rings. The van der Waals surface area contributed by atoms with Crippen molar-refractivity contribution in [2.75, 3.05) is 19.6 Å². The third-order valence-corrected chi connectivity index (χ3v) is 6.74. The standard InChI is InChI=1S/C27H33N3O3/c1-20-7-9-21(10-8-20)11-12-25(31)29-15-13-24(14-16-29)28-27(33)23-17-26(32)30(19-23)18-22-5-3-2-4-6-22/h2-10,23-24H,11-19H2,1H3,(H,28,33). The fourth-order valence-electron chi connectivity index (χ4n) is 4.66. The molecule has 2 fully saturated rings. The van der Waals surface area contributed by atoms with Gasteiger partial charge in [0.05, 0.1) is 5.92 Å². The van der Waals surface area contributed by atoms with Crippen LogP contribution in [0.15, 0.2) is 54.6 Å². The molecule has 2 aliphatic heterocycles. The first-order chi connectivity index (χ1) is 16.0. The molecule has 0 saturated carbocycles. The van der Waals surface area contributed by atoms with Crippen LogP contribution in [-0.4, -0.2) is 53.2 Å². The Morgan fingerprint density at radius 1 is 0.970 bits per heavy atom. The van der Waals surface area contributed by atoms with Crippen molar-refractivity contribution < 1.29 is 14.4 Å². The highest BCUT2D eigenvalue weighted by Gasteiger charge is 2.35. The third-order valence-electron chi connectivity index (χ3n) is 6.74. The molecule has 1 unspecified atom stereocenters. The van der Waals surface area contributed by atoms with Crippen LogP contribution < -0.4 is 5.32 Å². The fraction of sp³-hybridized carbons (Fsp3) is 0.444.